The molecule has 2 N–H and O–H groups in total. The number of benzene rings is 2. The zero-order chi connectivity index (χ0) is 15.1. The monoisotopic (exact) mass is 319 g/mol. The number of hydrogen-bond donors (Lipinski definition) is 2. The van der Waals surface area contributed by atoms with Crippen molar-refractivity contribution in [2.24, 2.45) is 0 Å². The van der Waals surface area contributed by atoms with Crippen LogP contribution in [0.4, 0.5) is 11.4 Å². The van der Waals surface area contributed by atoms with Crippen LogP contribution in [0.25, 0.3) is 0 Å². The Morgan fingerprint density at radius 2 is 1.60 bits per heavy atom. The molecule has 0 amide bonds. The minimum atomic E-state index is -0.833. The van der Waals surface area contributed by atoms with E-state index in [1.54, 1.807) is 0 Å². The van der Waals surface area contributed by atoms with Gasteiger partial charge >= 0.3 is 123 Å². The van der Waals surface area contributed by atoms with Crippen LogP contribution in [0.3, 0.4) is 0 Å². The van der Waals surface area contributed by atoms with Gasteiger partial charge in [-0.25, -0.2) is 0 Å². The van der Waals surface area contributed by atoms with Gasteiger partial charge < -0.3 is 5.11 Å². The molecule has 20 heavy (non-hydrogen) atoms. The van der Waals surface area contributed by atoms with Gasteiger partial charge in [0.2, 0.25) is 0 Å². The van der Waals surface area contributed by atoms with E-state index in [1.165, 1.54) is 2.81 Å². The number of halogens is 2. The number of nitrogens with one attached hydrogen (secondary N) is 1. The first-order valence-corrected chi connectivity index (χ1v) is 7.63. The number of hydrogen-bond acceptors (Lipinski definition) is 2. The van der Waals surface area contributed by atoms with Crippen molar-refractivity contribution in [3.8, 4) is 0 Å². The van der Waals surface area contributed by atoms with Crippen molar-refractivity contribution >= 4 is 71.3 Å². The number of carboxylic acids is 1. The third kappa shape index (κ3) is 5.73. The number of anilines is 2. The number of para-hydroxylation sites is 2. The molecule has 0 aliphatic heterocycles. The topological polar surface area (TPSA) is 49.3 Å². The Labute approximate surface area is 145 Å². The molecule has 0 spiro atoms. The fourth-order valence-corrected chi connectivity index (χ4v) is 2.44. The Hall–Kier alpha value is -0.710. The maximum atomic E-state index is 9.00. The van der Waals surface area contributed by atoms with E-state index in [0.29, 0.717) is 10.0 Å². The molecule has 0 fully saturated rings. The van der Waals surface area contributed by atoms with Gasteiger partial charge in [-0.1, -0.05) is 0 Å². The van der Waals surface area contributed by atoms with Gasteiger partial charge in [-0.3, -0.25) is 4.79 Å². The van der Waals surface area contributed by atoms with Gasteiger partial charge in [-0.05, 0) is 0 Å². The van der Waals surface area contributed by atoms with Crippen molar-refractivity contribution in [2.45, 2.75) is 6.92 Å². The summed E-state index contributed by atoms with van der Waals surface area (Å²) in [5.41, 5.74) is 1.85. The van der Waals surface area contributed by atoms with E-state index in [1.807, 2.05) is 36.4 Å². The number of rotatable bonds is 2. The third-order valence-corrected chi connectivity index (χ3v) is 3.87. The summed E-state index contributed by atoms with van der Waals surface area (Å²) in [6.45, 7) is 1.08. The van der Waals surface area contributed by atoms with E-state index in [4.69, 9.17) is 33.1 Å². The van der Waals surface area contributed by atoms with Crippen LogP contribution in [0.15, 0.2) is 42.5 Å². The summed E-state index contributed by atoms with van der Waals surface area (Å²) in [6, 6.07) is 13.6. The first-order valence-electron chi connectivity index (χ1n) is 5.88. The van der Waals surface area contributed by atoms with E-state index in [-0.39, 0.29) is 0 Å². The first-order chi connectivity index (χ1) is 9.41. The molecule has 2 aromatic rings. The second-order valence-corrected chi connectivity index (χ2v) is 5.95. The summed E-state index contributed by atoms with van der Waals surface area (Å²) in [4.78, 5) is 9.00. The normalized spacial score (nSPS) is 9.45. The molecule has 0 aliphatic rings. The molecular formula is C14H12Cl2NNaO2. The van der Waals surface area contributed by atoms with Crippen molar-refractivity contribution in [3.63, 3.8) is 0 Å². The van der Waals surface area contributed by atoms with Crippen LogP contribution >= 0.6 is 23.2 Å². The Morgan fingerprint density at radius 3 is 2.10 bits per heavy atom. The Bertz CT molecular complexity index is 581. The number of carbonyl (C=O) groups is 1. The summed E-state index contributed by atoms with van der Waals surface area (Å²) in [6.07, 6.45) is 0. The molecule has 0 unspecified atom stereocenters. The van der Waals surface area contributed by atoms with Crippen molar-refractivity contribution in [1.29, 1.82) is 0 Å². The predicted octanol–water partition coefficient (Wildman–Crippen LogP) is 3.62. The predicted molar refractivity (Wildman–Crippen MR) is 84.9 cm³/mol. The van der Waals surface area contributed by atoms with Crippen LogP contribution in [0.1, 0.15) is 6.92 Å². The van der Waals surface area contributed by atoms with Gasteiger partial charge in [0.15, 0.2) is 0 Å². The average Bonchev–Trinajstić information content (AvgIpc) is 2.35. The molecule has 0 saturated heterocycles. The third-order valence-electron chi connectivity index (χ3n) is 2.37. The quantitative estimate of drug-likeness (QED) is 0.831. The summed E-state index contributed by atoms with van der Waals surface area (Å²) >= 11 is 13.2. The van der Waals surface area contributed by atoms with Crippen LogP contribution in [0, 0.1) is 0 Å². The first kappa shape index (κ1) is 17.3. The van der Waals surface area contributed by atoms with Gasteiger partial charge in [-0.15, -0.1) is 0 Å². The minimum absolute atomic E-state index is 0.636. The molecule has 100 valence electrons. The number of aliphatic carboxylic acids is 1. The zero-order valence-electron chi connectivity index (χ0n) is 11.2. The van der Waals surface area contributed by atoms with Crippen molar-refractivity contribution in [3.05, 3.63) is 52.5 Å². The van der Waals surface area contributed by atoms with Crippen LogP contribution in [-0.4, -0.2) is 39.0 Å². The van der Waals surface area contributed by atoms with Crippen LogP contribution < -0.4 is 8.13 Å². The molecule has 0 radical (unpaired) electrons. The van der Waals surface area contributed by atoms with E-state index in [2.05, 4.69) is 11.4 Å². The molecule has 0 aliphatic carbocycles. The number of carboxylic acid groups (broad SMARTS) is 1. The Morgan fingerprint density at radius 1 is 1.10 bits per heavy atom. The van der Waals surface area contributed by atoms with Gasteiger partial charge in [-0.2, -0.15) is 0 Å². The van der Waals surface area contributed by atoms with Gasteiger partial charge in [0.05, 0.1) is 0 Å². The Balaban J connectivity index is 0.000000444. The van der Waals surface area contributed by atoms with Crippen molar-refractivity contribution in [2.75, 3.05) is 5.32 Å². The second-order valence-electron chi connectivity index (χ2n) is 4.06. The molecule has 0 aromatic heterocycles. The van der Waals surface area contributed by atoms with Crippen LogP contribution in [-0.2, 0) is 4.79 Å². The fourth-order valence-electron chi connectivity index (χ4n) is 1.47. The van der Waals surface area contributed by atoms with E-state index in [9.17, 15) is 0 Å². The molecule has 0 heterocycles. The maximum absolute atomic E-state index is 9.00. The van der Waals surface area contributed by atoms with Gasteiger partial charge in [0.25, 0.3) is 5.97 Å². The molecule has 6 heteroatoms. The molecule has 0 saturated carbocycles. The molecule has 3 nitrogen and oxygen atoms in total. The zero-order valence-corrected chi connectivity index (χ0v) is 14.7. The molecule has 0 bridgehead atoms. The standard InChI is InChI=1S/C12H8Cl2N.C2H4O2.Na/c13-10-7-4-8-11(14)12(10)15-9-5-2-1-3-6-9;1-2(3)4;/h1-5,7-8,15H;1H3,(H,3,4);. The summed E-state index contributed by atoms with van der Waals surface area (Å²) in [5.74, 6) is -0.833. The molecule has 2 rings (SSSR count). The molecule has 2 aromatic carbocycles. The van der Waals surface area contributed by atoms with E-state index < -0.39 is 5.97 Å². The average molecular weight is 320 g/mol. The molecular weight excluding hydrogens is 308 g/mol. The van der Waals surface area contributed by atoms with Gasteiger partial charge in [0.1, 0.15) is 0 Å². The Kier molecular flexibility index (Phi) is 7.41. The second kappa shape index (κ2) is 8.55. The van der Waals surface area contributed by atoms with Gasteiger partial charge in [0, 0.05) is 6.92 Å². The van der Waals surface area contributed by atoms with E-state index in [0.717, 1.165) is 46.2 Å². The van der Waals surface area contributed by atoms with Crippen LogP contribution in [0.2, 0.25) is 10.0 Å². The summed E-state index contributed by atoms with van der Waals surface area (Å²) < 4.78 is 1.29. The summed E-state index contributed by atoms with van der Waals surface area (Å²) in [5, 5.41) is 12.0. The van der Waals surface area contributed by atoms with Crippen molar-refractivity contribution < 1.29 is 9.90 Å². The van der Waals surface area contributed by atoms with E-state index >= 15 is 0 Å². The molecule has 0 atom stereocenters. The summed E-state index contributed by atoms with van der Waals surface area (Å²) in [7, 11) is 0. The van der Waals surface area contributed by atoms with Crippen molar-refractivity contribution in [1.82, 2.24) is 0 Å². The SMILES string of the molecule is CC(=O)O.[Na][c]1ccccc1Nc1c(Cl)cccc1Cl. The fraction of sp³-hybridized carbons (Fsp3) is 0.0714. The van der Waals surface area contributed by atoms with Crippen LogP contribution in [0.5, 0.6) is 0 Å².